The van der Waals surface area contributed by atoms with Crippen LogP contribution in [0.1, 0.15) is 32.3 Å². The van der Waals surface area contributed by atoms with Crippen molar-refractivity contribution in [2.24, 2.45) is 0 Å². The summed E-state index contributed by atoms with van der Waals surface area (Å²) in [4.78, 5) is 12.8. The van der Waals surface area contributed by atoms with Crippen LogP contribution in [0.3, 0.4) is 0 Å². The molecule has 116 valence electrons. The lowest BCUT2D eigenvalue weighted by atomic mass is 10.2. The largest absolute Gasteiger partial charge is 0.492 e. The number of rotatable bonds is 10. The number of benzene rings is 1. The van der Waals surface area contributed by atoms with E-state index in [4.69, 9.17) is 9.84 Å². The highest BCUT2D eigenvalue weighted by Gasteiger charge is 2.02. The Balaban J connectivity index is 2.40. The molecule has 0 aliphatic heterocycles. The van der Waals surface area contributed by atoms with Gasteiger partial charge >= 0.3 is 5.97 Å². The van der Waals surface area contributed by atoms with Gasteiger partial charge in [-0.3, -0.25) is 4.90 Å². The Morgan fingerprint density at radius 2 is 1.76 bits per heavy atom. The molecule has 1 aromatic carbocycles. The number of nitrogens with zero attached hydrogens (tertiary/aromatic N) is 1. The summed E-state index contributed by atoms with van der Waals surface area (Å²) < 4.78 is 5.73. The fourth-order valence-electron chi connectivity index (χ4n) is 2.10. The average Bonchev–Trinajstić information content (AvgIpc) is 2.47. The summed E-state index contributed by atoms with van der Waals surface area (Å²) in [6.45, 7) is 8.19. The van der Waals surface area contributed by atoms with E-state index in [1.165, 1.54) is 0 Å². The highest BCUT2D eigenvalue weighted by atomic mass is 16.5. The predicted octanol–water partition coefficient (Wildman–Crippen LogP) is 3.29. The Bertz CT molecular complexity index is 434. The molecular weight excluding hydrogens is 266 g/mol. The maximum absolute atomic E-state index is 10.4. The van der Waals surface area contributed by atoms with Crippen LogP contribution >= 0.6 is 0 Å². The van der Waals surface area contributed by atoms with Crippen molar-refractivity contribution in [3.63, 3.8) is 0 Å². The number of hydrogen-bond donors (Lipinski definition) is 1. The Morgan fingerprint density at radius 3 is 2.29 bits per heavy atom. The lowest BCUT2D eigenvalue weighted by Gasteiger charge is -2.20. The molecule has 0 bridgehead atoms. The van der Waals surface area contributed by atoms with Crippen molar-refractivity contribution in [1.29, 1.82) is 0 Å². The highest BCUT2D eigenvalue weighted by Crippen LogP contribution is 2.13. The summed E-state index contributed by atoms with van der Waals surface area (Å²) >= 11 is 0. The van der Waals surface area contributed by atoms with Crippen LogP contribution in [0.2, 0.25) is 0 Å². The zero-order valence-corrected chi connectivity index (χ0v) is 12.9. The van der Waals surface area contributed by atoms with Crippen molar-refractivity contribution >= 4 is 12.0 Å². The van der Waals surface area contributed by atoms with Crippen molar-refractivity contribution in [3.8, 4) is 5.75 Å². The van der Waals surface area contributed by atoms with Crippen LogP contribution in [-0.2, 0) is 4.79 Å². The molecule has 21 heavy (non-hydrogen) atoms. The molecule has 0 aromatic heterocycles. The number of carboxylic acids is 1. The summed E-state index contributed by atoms with van der Waals surface area (Å²) in [5, 5.41) is 8.57. The normalized spacial score (nSPS) is 11.2. The van der Waals surface area contributed by atoms with Gasteiger partial charge in [0.05, 0.1) is 0 Å². The van der Waals surface area contributed by atoms with Crippen LogP contribution in [-0.4, -0.2) is 42.2 Å². The van der Waals surface area contributed by atoms with Crippen LogP contribution in [0.25, 0.3) is 6.08 Å². The summed E-state index contributed by atoms with van der Waals surface area (Å²) in [6, 6.07) is 7.44. The zero-order chi connectivity index (χ0) is 15.5. The second-order valence-electron chi connectivity index (χ2n) is 4.93. The van der Waals surface area contributed by atoms with Gasteiger partial charge < -0.3 is 9.84 Å². The third kappa shape index (κ3) is 7.51. The van der Waals surface area contributed by atoms with Gasteiger partial charge in [0.2, 0.25) is 0 Å². The first-order valence-electron chi connectivity index (χ1n) is 7.52. The molecule has 0 aliphatic rings. The van der Waals surface area contributed by atoms with Gasteiger partial charge in [-0.05, 0) is 49.7 Å². The van der Waals surface area contributed by atoms with E-state index in [2.05, 4.69) is 18.7 Å². The zero-order valence-electron chi connectivity index (χ0n) is 12.9. The Kier molecular flexibility index (Phi) is 8.21. The second-order valence-corrected chi connectivity index (χ2v) is 4.93. The molecule has 0 atom stereocenters. The van der Waals surface area contributed by atoms with E-state index in [0.717, 1.165) is 49.9 Å². The van der Waals surface area contributed by atoms with Crippen molar-refractivity contribution in [2.45, 2.75) is 26.7 Å². The fraction of sp³-hybridized carbons (Fsp3) is 0.471. The minimum Gasteiger partial charge on any atom is -0.492 e. The molecule has 0 radical (unpaired) electrons. The summed E-state index contributed by atoms with van der Waals surface area (Å²) in [7, 11) is 0. The van der Waals surface area contributed by atoms with Crippen LogP contribution in [0.15, 0.2) is 30.3 Å². The Hall–Kier alpha value is -1.81. The van der Waals surface area contributed by atoms with Crippen LogP contribution in [0.4, 0.5) is 0 Å². The van der Waals surface area contributed by atoms with Crippen LogP contribution < -0.4 is 4.74 Å². The topological polar surface area (TPSA) is 49.8 Å². The van der Waals surface area contributed by atoms with Gasteiger partial charge in [0.1, 0.15) is 12.4 Å². The highest BCUT2D eigenvalue weighted by molar-refractivity contribution is 5.85. The van der Waals surface area contributed by atoms with Gasteiger partial charge in [0.15, 0.2) is 0 Å². The summed E-state index contributed by atoms with van der Waals surface area (Å²) in [6.07, 6.45) is 5.01. The molecule has 4 heteroatoms. The quantitative estimate of drug-likeness (QED) is 0.672. The van der Waals surface area contributed by atoms with Gasteiger partial charge in [-0.15, -0.1) is 0 Å². The lowest BCUT2D eigenvalue weighted by Crippen LogP contribution is -2.30. The molecule has 0 saturated heterocycles. The van der Waals surface area contributed by atoms with E-state index < -0.39 is 5.97 Å². The first-order chi connectivity index (χ1) is 10.2. The van der Waals surface area contributed by atoms with Crippen molar-refractivity contribution in [1.82, 2.24) is 4.90 Å². The van der Waals surface area contributed by atoms with E-state index in [-0.39, 0.29) is 0 Å². The van der Waals surface area contributed by atoms with E-state index >= 15 is 0 Å². The van der Waals surface area contributed by atoms with E-state index in [0.29, 0.717) is 6.61 Å². The molecule has 0 unspecified atom stereocenters. The van der Waals surface area contributed by atoms with E-state index in [1.807, 2.05) is 24.3 Å². The predicted molar refractivity (Wildman–Crippen MR) is 85.6 cm³/mol. The average molecular weight is 291 g/mol. The first-order valence-corrected chi connectivity index (χ1v) is 7.52. The molecule has 0 saturated carbocycles. The SMILES string of the molecule is CCCN(CCC)CCOc1ccc(C=CC(=O)O)cc1. The monoisotopic (exact) mass is 291 g/mol. The molecule has 1 N–H and O–H groups in total. The van der Waals surface area contributed by atoms with E-state index in [1.54, 1.807) is 6.08 Å². The molecular formula is C17H25NO3. The van der Waals surface area contributed by atoms with Gasteiger partial charge in [-0.1, -0.05) is 26.0 Å². The number of hydrogen-bond acceptors (Lipinski definition) is 3. The third-order valence-electron chi connectivity index (χ3n) is 3.05. The number of aliphatic carboxylic acids is 1. The standard InChI is InChI=1S/C17H25NO3/c1-3-11-18(12-4-2)13-14-21-16-8-5-15(6-9-16)7-10-17(19)20/h5-10H,3-4,11-14H2,1-2H3,(H,19,20). The number of ether oxygens (including phenoxy) is 1. The molecule has 0 amide bonds. The smallest absolute Gasteiger partial charge is 0.328 e. The number of carboxylic acid groups (broad SMARTS) is 1. The van der Waals surface area contributed by atoms with Crippen LogP contribution in [0.5, 0.6) is 5.75 Å². The molecule has 0 fully saturated rings. The Labute approximate surface area is 127 Å². The Morgan fingerprint density at radius 1 is 1.14 bits per heavy atom. The van der Waals surface area contributed by atoms with Gasteiger partial charge in [-0.2, -0.15) is 0 Å². The van der Waals surface area contributed by atoms with Crippen molar-refractivity contribution < 1.29 is 14.6 Å². The lowest BCUT2D eigenvalue weighted by molar-refractivity contribution is -0.131. The second kappa shape index (κ2) is 10.00. The van der Waals surface area contributed by atoms with Gasteiger partial charge in [0, 0.05) is 12.6 Å². The molecule has 1 aromatic rings. The summed E-state index contributed by atoms with van der Waals surface area (Å²) in [5.41, 5.74) is 0.850. The third-order valence-corrected chi connectivity index (χ3v) is 3.05. The first kappa shape index (κ1) is 17.2. The summed E-state index contributed by atoms with van der Waals surface area (Å²) in [5.74, 6) is -0.127. The van der Waals surface area contributed by atoms with E-state index in [9.17, 15) is 4.79 Å². The van der Waals surface area contributed by atoms with Crippen LogP contribution in [0, 0.1) is 0 Å². The van der Waals surface area contributed by atoms with Crippen molar-refractivity contribution in [2.75, 3.05) is 26.2 Å². The molecule has 0 heterocycles. The van der Waals surface area contributed by atoms with Crippen molar-refractivity contribution in [3.05, 3.63) is 35.9 Å². The molecule has 4 nitrogen and oxygen atoms in total. The minimum absolute atomic E-state index is 0.671. The molecule has 0 spiro atoms. The molecule has 0 aliphatic carbocycles. The van der Waals surface area contributed by atoms with Gasteiger partial charge in [-0.25, -0.2) is 4.79 Å². The number of carbonyl (C=O) groups is 1. The maximum atomic E-state index is 10.4. The minimum atomic E-state index is -0.942. The maximum Gasteiger partial charge on any atom is 0.328 e. The molecule has 1 rings (SSSR count). The van der Waals surface area contributed by atoms with Gasteiger partial charge in [0.25, 0.3) is 0 Å². The fourth-order valence-corrected chi connectivity index (χ4v) is 2.10.